The average Bonchev–Trinajstić information content (AvgIpc) is 2.67. The van der Waals surface area contributed by atoms with Gasteiger partial charge < -0.3 is 5.73 Å². The van der Waals surface area contributed by atoms with Gasteiger partial charge in [-0.2, -0.15) is 5.10 Å². The van der Waals surface area contributed by atoms with Gasteiger partial charge in [-0.3, -0.25) is 4.68 Å². The van der Waals surface area contributed by atoms with Gasteiger partial charge in [0.25, 0.3) is 0 Å². The van der Waals surface area contributed by atoms with Gasteiger partial charge in [0.1, 0.15) is 11.5 Å². The zero-order valence-corrected chi connectivity index (χ0v) is 12.6. The zero-order valence-electron chi connectivity index (χ0n) is 11.9. The Morgan fingerprint density at radius 3 is 2.57 bits per heavy atom. The third-order valence-corrected chi connectivity index (χ3v) is 4.46. The number of nitrogen functional groups attached to an aromatic ring is 1. The fourth-order valence-corrected chi connectivity index (χ4v) is 3.26. The highest BCUT2D eigenvalue weighted by atomic mass is 35.5. The van der Waals surface area contributed by atoms with Crippen LogP contribution in [0.25, 0.3) is 11.3 Å². The molecule has 1 fully saturated rings. The molecule has 1 aromatic heterocycles. The molecular weight excluding hydrogens is 289 g/mol. The van der Waals surface area contributed by atoms with Gasteiger partial charge >= 0.3 is 0 Å². The number of aromatic nitrogens is 2. The summed E-state index contributed by atoms with van der Waals surface area (Å²) in [7, 11) is 0. The molecule has 1 aliphatic rings. The van der Waals surface area contributed by atoms with Crippen LogP contribution in [-0.4, -0.2) is 9.78 Å². The number of rotatable bonds is 2. The molecule has 0 amide bonds. The number of hydrogen-bond donors (Lipinski definition) is 1. The topological polar surface area (TPSA) is 43.8 Å². The third kappa shape index (κ3) is 3.05. The van der Waals surface area contributed by atoms with Gasteiger partial charge in [0, 0.05) is 11.8 Å². The molecule has 1 aliphatic carbocycles. The van der Waals surface area contributed by atoms with E-state index in [1.54, 1.807) is 6.07 Å². The summed E-state index contributed by atoms with van der Waals surface area (Å²) in [5.74, 6) is -0.356. The average molecular weight is 308 g/mol. The molecule has 1 saturated carbocycles. The number of anilines is 1. The molecule has 2 N–H and O–H groups in total. The molecule has 5 heteroatoms. The van der Waals surface area contributed by atoms with E-state index in [9.17, 15) is 4.39 Å². The largest absolute Gasteiger partial charge is 0.396 e. The number of nitrogens with two attached hydrogens (primary N) is 1. The standard InChI is InChI=1S/C16H19ClFN3/c17-14-9-11(18)7-8-13(14)16-15(19)10-21(20-16)12-5-3-1-2-4-6-12/h7-10,12H,1-6,19H2. The van der Waals surface area contributed by atoms with Crippen LogP contribution in [-0.2, 0) is 0 Å². The highest BCUT2D eigenvalue weighted by Crippen LogP contribution is 2.34. The monoisotopic (exact) mass is 307 g/mol. The van der Waals surface area contributed by atoms with E-state index < -0.39 is 0 Å². The Kier molecular flexibility index (Phi) is 4.15. The van der Waals surface area contributed by atoms with E-state index in [1.165, 1.54) is 37.8 Å². The first kappa shape index (κ1) is 14.4. The van der Waals surface area contributed by atoms with E-state index in [1.807, 2.05) is 10.9 Å². The van der Waals surface area contributed by atoms with Crippen molar-refractivity contribution >= 4 is 17.3 Å². The summed E-state index contributed by atoms with van der Waals surface area (Å²) in [5.41, 5.74) is 8.01. The second-order valence-corrected chi connectivity index (χ2v) is 6.09. The van der Waals surface area contributed by atoms with Crippen LogP contribution in [0.15, 0.2) is 24.4 Å². The Morgan fingerprint density at radius 2 is 1.90 bits per heavy atom. The first-order valence-electron chi connectivity index (χ1n) is 7.45. The predicted molar refractivity (Wildman–Crippen MR) is 83.8 cm³/mol. The summed E-state index contributed by atoms with van der Waals surface area (Å²) in [6.45, 7) is 0. The van der Waals surface area contributed by atoms with Gasteiger partial charge in [-0.05, 0) is 31.0 Å². The molecule has 0 radical (unpaired) electrons. The van der Waals surface area contributed by atoms with Gasteiger partial charge in [0.05, 0.1) is 16.8 Å². The van der Waals surface area contributed by atoms with E-state index >= 15 is 0 Å². The molecule has 3 rings (SSSR count). The van der Waals surface area contributed by atoms with Gasteiger partial charge in [0.2, 0.25) is 0 Å². The smallest absolute Gasteiger partial charge is 0.124 e. The van der Waals surface area contributed by atoms with Gasteiger partial charge in [-0.25, -0.2) is 4.39 Å². The minimum Gasteiger partial charge on any atom is -0.396 e. The van der Waals surface area contributed by atoms with Crippen LogP contribution in [0, 0.1) is 5.82 Å². The van der Waals surface area contributed by atoms with Crippen LogP contribution in [0.4, 0.5) is 10.1 Å². The van der Waals surface area contributed by atoms with Crippen molar-refractivity contribution in [3.63, 3.8) is 0 Å². The van der Waals surface area contributed by atoms with E-state index in [2.05, 4.69) is 5.10 Å². The van der Waals surface area contributed by atoms with Crippen LogP contribution < -0.4 is 5.73 Å². The normalized spacial score (nSPS) is 16.9. The first-order valence-corrected chi connectivity index (χ1v) is 7.83. The van der Waals surface area contributed by atoms with E-state index in [0.717, 1.165) is 12.8 Å². The zero-order chi connectivity index (χ0) is 14.8. The van der Waals surface area contributed by atoms with Crippen molar-refractivity contribution in [2.24, 2.45) is 0 Å². The van der Waals surface area contributed by atoms with E-state index in [4.69, 9.17) is 17.3 Å². The Bertz CT molecular complexity index is 630. The third-order valence-electron chi connectivity index (χ3n) is 4.15. The Balaban J connectivity index is 1.93. The number of benzene rings is 1. The minimum atomic E-state index is -0.356. The summed E-state index contributed by atoms with van der Waals surface area (Å²) < 4.78 is 15.1. The first-order chi connectivity index (χ1) is 10.1. The van der Waals surface area contributed by atoms with Crippen LogP contribution in [0.5, 0.6) is 0 Å². The number of nitrogens with zero attached hydrogens (tertiary/aromatic N) is 2. The summed E-state index contributed by atoms with van der Waals surface area (Å²) in [5, 5.41) is 4.96. The molecule has 3 nitrogen and oxygen atoms in total. The molecule has 0 bridgehead atoms. The SMILES string of the molecule is Nc1cn(C2CCCCCC2)nc1-c1ccc(F)cc1Cl. The van der Waals surface area contributed by atoms with Crippen molar-refractivity contribution in [3.05, 3.63) is 35.2 Å². The van der Waals surface area contributed by atoms with Crippen LogP contribution in [0.2, 0.25) is 5.02 Å². The molecule has 2 aromatic rings. The van der Waals surface area contributed by atoms with E-state index in [0.29, 0.717) is 28.0 Å². The summed E-state index contributed by atoms with van der Waals surface area (Å²) >= 11 is 6.11. The van der Waals surface area contributed by atoms with Crippen molar-refractivity contribution in [1.29, 1.82) is 0 Å². The second-order valence-electron chi connectivity index (χ2n) is 5.68. The maximum absolute atomic E-state index is 13.2. The molecular formula is C16H19ClFN3. The molecule has 112 valence electrons. The lowest BCUT2D eigenvalue weighted by Gasteiger charge is -2.14. The molecule has 1 heterocycles. The molecule has 0 spiro atoms. The second kappa shape index (κ2) is 6.06. The van der Waals surface area contributed by atoms with E-state index in [-0.39, 0.29) is 5.82 Å². The molecule has 21 heavy (non-hydrogen) atoms. The highest BCUT2D eigenvalue weighted by Gasteiger charge is 2.18. The Labute approximate surface area is 128 Å². The van der Waals surface area contributed by atoms with Crippen molar-refractivity contribution in [3.8, 4) is 11.3 Å². The van der Waals surface area contributed by atoms with Gasteiger partial charge in [-0.15, -0.1) is 0 Å². The highest BCUT2D eigenvalue weighted by molar-refractivity contribution is 6.33. The lowest BCUT2D eigenvalue weighted by atomic mass is 10.1. The molecule has 1 aromatic carbocycles. The molecule has 0 aliphatic heterocycles. The van der Waals surface area contributed by atoms with Crippen LogP contribution in [0.1, 0.15) is 44.6 Å². The maximum Gasteiger partial charge on any atom is 0.124 e. The fraction of sp³-hybridized carbons (Fsp3) is 0.438. The van der Waals surface area contributed by atoms with Crippen molar-refractivity contribution < 1.29 is 4.39 Å². The summed E-state index contributed by atoms with van der Waals surface area (Å²) in [4.78, 5) is 0. The fourth-order valence-electron chi connectivity index (χ4n) is 3.01. The van der Waals surface area contributed by atoms with Crippen LogP contribution >= 0.6 is 11.6 Å². The number of hydrogen-bond acceptors (Lipinski definition) is 2. The van der Waals surface area contributed by atoms with Gasteiger partial charge in [-0.1, -0.05) is 37.3 Å². The predicted octanol–water partition coefficient (Wildman–Crippen LogP) is 4.82. The van der Waals surface area contributed by atoms with Crippen molar-refractivity contribution in [1.82, 2.24) is 9.78 Å². The summed E-state index contributed by atoms with van der Waals surface area (Å²) in [6.07, 6.45) is 9.21. The van der Waals surface area contributed by atoms with Crippen molar-refractivity contribution in [2.45, 2.75) is 44.6 Å². The van der Waals surface area contributed by atoms with Crippen LogP contribution in [0.3, 0.4) is 0 Å². The Hall–Kier alpha value is -1.55. The van der Waals surface area contributed by atoms with Crippen molar-refractivity contribution in [2.75, 3.05) is 5.73 Å². The molecule has 0 atom stereocenters. The molecule has 0 unspecified atom stereocenters. The minimum absolute atomic E-state index is 0.341. The number of halogens is 2. The Morgan fingerprint density at radius 1 is 1.19 bits per heavy atom. The lowest BCUT2D eigenvalue weighted by Crippen LogP contribution is -2.08. The van der Waals surface area contributed by atoms with Gasteiger partial charge in [0.15, 0.2) is 0 Å². The maximum atomic E-state index is 13.2. The quantitative estimate of drug-likeness (QED) is 0.808. The lowest BCUT2D eigenvalue weighted by molar-refractivity contribution is 0.406. The summed E-state index contributed by atoms with van der Waals surface area (Å²) in [6, 6.07) is 4.71. The molecule has 0 saturated heterocycles.